The summed E-state index contributed by atoms with van der Waals surface area (Å²) in [4.78, 5) is 13.9. The zero-order chi connectivity index (χ0) is 15.3. The number of ether oxygens (including phenoxy) is 2. The molecule has 1 amide bonds. The zero-order valence-corrected chi connectivity index (χ0v) is 12.4. The molecule has 114 valence electrons. The van der Waals surface area contributed by atoms with E-state index in [9.17, 15) is 4.79 Å². The lowest BCUT2D eigenvalue weighted by molar-refractivity contribution is -0.0480. The average Bonchev–Trinajstić information content (AvgIpc) is 2.78. The van der Waals surface area contributed by atoms with Crippen molar-refractivity contribution in [3.05, 3.63) is 48.0 Å². The van der Waals surface area contributed by atoms with Gasteiger partial charge in [-0.15, -0.1) is 0 Å². The van der Waals surface area contributed by atoms with Gasteiger partial charge >= 0.3 is 6.09 Å². The molecule has 1 saturated heterocycles. The van der Waals surface area contributed by atoms with Gasteiger partial charge in [-0.2, -0.15) is 0 Å². The van der Waals surface area contributed by atoms with Crippen LogP contribution in [-0.2, 0) is 16.1 Å². The maximum absolute atomic E-state index is 12.3. The van der Waals surface area contributed by atoms with Gasteiger partial charge in [-0.1, -0.05) is 42.5 Å². The molecule has 1 aromatic carbocycles. The maximum Gasteiger partial charge on any atom is 0.412 e. The first-order valence-electron chi connectivity index (χ1n) is 6.96. The second-order valence-electron chi connectivity index (χ2n) is 5.35. The van der Waals surface area contributed by atoms with Crippen LogP contribution in [0.3, 0.4) is 0 Å². The molecule has 1 N–H and O–H groups in total. The molecule has 1 aliphatic heterocycles. The van der Waals surface area contributed by atoms with Gasteiger partial charge in [0.15, 0.2) is 0 Å². The molecule has 0 bridgehead atoms. The van der Waals surface area contributed by atoms with E-state index in [0.29, 0.717) is 6.61 Å². The predicted octanol–water partition coefficient (Wildman–Crippen LogP) is 2.31. The maximum atomic E-state index is 12.3. The van der Waals surface area contributed by atoms with Gasteiger partial charge in [0.1, 0.15) is 12.3 Å². The first kappa shape index (κ1) is 15.5. The Morgan fingerprint density at radius 2 is 2.19 bits per heavy atom. The van der Waals surface area contributed by atoms with Gasteiger partial charge in [0.2, 0.25) is 0 Å². The van der Waals surface area contributed by atoms with E-state index < -0.39 is 11.8 Å². The molecule has 1 aromatic rings. The van der Waals surface area contributed by atoms with Gasteiger partial charge in [0.05, 0.1) is 19.3 Å². The van der Waals surface area contributed by atoms with Crippen molar-refractivity contribution in [3.63, 3.8) is 0 Å². The van der Waals surface area contributed by atoms with Crippen LogP contribution in [0.4, 0.5) is 4.79 Å². The Balaban J connectivity index is 2.02. The number of hydrogen-bond donors (Lipinski definition) is 1. The summed E-state index contributed by atoms with van der Waals surface area (Å²) >= 11 is 0. The van der Waals surface area contributed by atoms with Crippen LogP contribution in [-0.4, -0.2) is 41.1 Å². The summed E-state index contributed by atoms with van der Waals surface area (Å²) in [6, 6.07) is 9.30. The molecule has 21 heavy (non-hydrogen) atoms. The van der Waals surface area contributed by atoms with Crippen molar-refractivity contribution in [2.24, 2.45) is 0 Å². The number of rotatable bonds is 4. The van der Waals surface area contributed by atoms with Gasteiger partial charge in [-0.3, -0.25) is 4.90 Å². The van der Waals surface area contributed by atoms with Crippen molar-refractivity contribution >= 4 is 6.09 Å². The summed E-state index contributed by atoms with van der Waals surface area (Å²) in [7, 11) is 0. The van der Waals surface area contributed by atoms with E-state index in [4.69, 9.17) is 14.6 Å². The van der Waals surface area contributed by atoms with E-state index in [-0.39, 0.29) is 19.3 Å². The van der Waals surface area contributed by atoms with E-state index in [1.807, 2.05) is 44.2 Å². The molecular formula is C16H21NO4. The number of carbonyl (C=O) groups is 1. The summed E-state index contributed by atoms with van der Waals surface area (Å²) in [5.74, 6) is 0. The fourth-order valence-corrected chi connectivity index (χ4v) is 2.34. The second kappa shape index (κ2) is 6.74. The number of amides is 1. The largest absolute Gasteiger partial charge is 0.444 e. The first-order chi connectivity index (χ1) is 10.0. The Morgan fingerprint density at radius 1 is 1.48 bits per heavy atom. The van der Waals surface area contributed by atoms with Gasteiger partial charge in [-0.25, -0.2) is 4.79 Å². The predicted molar refractivity (Wildman–Crippen MR) is 78.5 cm³/mol. The highest BCUT2D eigenvalue weighted by Gasteiger charge is 2.43. The Hall–Kier alpha value is -1.85. The molecule has 1 fully saturated rings. The molecule has 1 aliphatic rings. The van der Waals surface area contributed by atoms with Crippen molar-refractivity contribution in [3.8, 4) is 0 Å². The summed E-state index contributed by atoms with van der Waals surface area (Å²) in [5.41, 5.74) is 0.212. The third-order valence-corrected chi connectivity index (χ3v) is 3.38. The lowest BCUT2D eigenvalue weighted by atomic mass is 10.2. The van der Waals surface area contributed by atoms with Crippen molar-refractivity contribution < 1.29 is 19.4 Å². The second-order valence-corrected chi connectivity index (χ2v) is 5.35. The molecule has 1 heterocycles. The van der Waals surface area contributed by atoms with Crippen LogP contribution in [0.15, 0.2) is 42.5 Å². The van der Waals surface area contributed by atoms with E-state index in [2.05, 4.69) is 0 Å². The van der Waals surface area contributed by atoms with Crippen LogP contribution >= 0.6 is 0 Å². The van der Waals surface area contributed by atoms with E-state index in [1.165, 1.54) is 0 Å². The minimum Gasteiger partial charge on any atom is -0.444 e. The number of aliphatic hydroxyl groups excluding tert-OH is 1. The van der Waals surface area contributed by atoms with Crippen LogP contribution in [0, 0.1) is 0 Å². The minimum atomic E-state index is -0.724. The summed E-state index contributed by atoms with van der Waals surface area (Å²) in [5, 5.41) is 8.87. The highest BCUT2D eigenvalue weighted by molar-refractivity contribution is 5.69. The summed E-state index contributed by atoms with van der Waals surface area (Å²) in [6.07, 6.45) is 2.94. The Labute approximate surface area is 124 Å². The van der Waals surface area contributed by atoms with E-state index >= 15 is 0 Å². The number of aliphatic hydroxyl groups is 1. The molecule has 0 spiro atoms. The Kier molecular flexibility index (Phi) is 4.98. The van der Waals surface area contributed by atoms with Crippen LogP contribution in [0.5, 0.6) is 0 Å². The third kappa shape index (κ3) is 3.83. The molecule has 0 unspecified atom stereocenters. The van der Waals surface area contributed by atoms with Crippen molar-refractivity contribution in [1.29, 1.82) is 0 Å². The smallest absolute Gasteiger partial charge is 0.412 e. The van der Waals surface area contributed by atoms with Gasteiger partial charge in [0.25, 0.3) is 0 Å². The summed E-state index contributed by atoms with van der Waals surface area (Å²) < 4.78 is 11.0. The first-order valence-corrected chi connectivity index (χ1v) is 6.96. The number of carbonyl (C=O) groups excluding carboxylic acids is 1. The van der Waals surface area contributed by atoms with Gasteiger partial charge in [-0.05, 0) is 19.4 Å². The number of nitrogens with zero attached hydrogens (tertiary/aromatic N) is 1. The van der Waals surface area contributed by atoms with Crippen LogP contribution in [0.2, 0.25) is 0 Å². The monoisotopic (exact) mass is 291 g/mol. The minimum absolute atomic E-state index is 0.0656. The topological polar surface area (TPSA) is 59.0 Å². The summed E-state index contributed by atoms with van der Waals surface area (Å²) in [6.45, 7) is 4.20. The lowest BCUT2D eigenvalue weighted by Crippen LogP contribution is -2.47. The average molecular weight is 291 g/mol. The molecule has 5 nitrogen and oxygen atoms in total. The highest BCUT2D eigenvalue weighted by Crippen LogP contribution is 2.28. The lowest BCUT2D eigenvalue weighted by Gasteiger charge is -2.31. The van der Waals surface area contributed by atoms with Crippen LogP contribution in [0.1, 0.15) is 19.4 Å². The van der Waals surface area contributed by atoms with Crippen molar-refractivity contribution in [2.75, 3.05) is 13.2 Å². The molecule has 2 rings (SSSR count). The SMILES string of the molecule is CC1(C)OC[C@@H](C=CCO)N1C(=O)OCc1ccccc1. The third-order valence-electron chi connectivity index (χ3n) is 3.38. The highest BCUT2D eigenvalue weighted by atomic mass is 16.6. The molecule has 0 saturated carbocycles. The molecule has 0 aliphatic carbocycles. The van der Waals surface area contributed by atoms with Crippen LogP contribution in [0.25, 0.3) is 0 Å². The fourth-order valence-electron chi connectivity index (χ4n) is 2.34. The zero-order valence-electron chi connectivity index (χ0n) is 12.4. The van der Waals surface area contributed by atoms with Gasteiger partial charge < -0.3 is 14.6 Å². The molecule has 5 heteroatoms. The number of hydrogen-bond acceptors (Lipinski definition) is 4. The molecular weight excluding hydrogens is 270 g/mol. The van der Waals surface area contributed by atoms with Crippen molar-refractivity contribution in [1.82, 2.24) is 4.90 Å². The van der Waals surface area contributed by atoms with E-state index in [0.717, 1.165) is 5.56 Å². The fraction of sp³-hybridized carbons (Fsp3) is 0.438. The quantitative estimate of drug-likeness (QED) is 0.865. The van der Waals surface area contributed by atoms with Crippen molar-refractivity contribution in [2.45, 2.75) is 32.2 Å². The Morgan fingerprint density at radius 3 is 2.86 bits per heavy atom. The normalized spacial score (nSPS) is 20.9. The molecule has 0 aromatic heterocycles. The standard InChI is InChI=1S/C16H21NO4/c1-16(2)17(14(12-21-16)9-6-10-18)15(19)20-11-13-7-4-3-5-8-13/h3-9,14,18H,10-12H2,1-2H3/t14-/m1/s1. The molecule has 0 radical (unpaired) electrons. The van der Waals surface area contributed by atoms with Gasteiger partial charge in [0, 0.05) is 0 Å². The molecule has 1 atom stereocenters. The van der Waals surface area contributed by atoms with E-state index in [1.54, 1.807) is 17.1 Å². The Bertz CT molecular complexity index is 498. The number of benzene rings is 1. The van der Waals surface area contributed by atoms with Crippen LogP contribution < -0.4 is 0 Å².